The minimum absolute atomic E-state index is 0.211. The van der Waals surface area contributed by atoms with Crippen molar-refractivity contribution in [2.24, 2.45) is 4.99 Å². The van der Waals surface area contributed by atoms with Crippen molar-refractivity contribution in [2.45, 2.75) is 58.2 Å². The summed E-state index contributed by atoms with van der Waals surface area (Å²) in [6, 6.07) is 6.88. The highest BCUT2D eigenvalue weighted by atomic mass is 16.5. The first kappa shape index (κ1) is 23.8. The fourth-order valence-corrected chi connectivity index (χ4v) is 4.23. The number of hydrogen-bond donors (Lipinski definition) is 2. The first-order valence-electron chi connectivity index (χ1n) is 11.8. The Morgan fingerprint density at radius 3 is 2.94 bits per heavy atom. The van der Waals surface area contributed by atoms with E-state index in [2.05, 4.69) is 47.6 Å². The second kappa shape index (κ2) is 12.9. The number of guanidine groups is 1. The second-order valence-electron chi connectivity index (χ2n) is 8.46. The average Bonchev–Trinajstić information content (AvgIpc) is 3.45. The number of hydrogen-bond acceptors (Lipinski definition) is 5. The fourth-order valence-electron chi connectivity index (χ4n) is 4.23. The van der Waals surface area contributed by atoms with Gasteiger partial charge in [0.1, 0.15) is 12.4 Å². The van der Waals surface area contributed by atoms with Crippen LogP contribution in [0.15, 0.2) is 23.2 Å². The molecule has 1 aromatic rings. The van der Waals surface area contributed by atoms with Gasteiger partial charge in [-0.3, -0.25) is 4.90 Å². The topological polar surface area (TPSA) is 67.4 Å². The SMILES string of the molecule is CCNC(=NCc1ccc(C)cc1OCC1CCCO1)NCC1CCCN1CCOC. The summed E-state index contributed by atoms with van der Waals surface area (Å²) < 4.78 is 17.1. The van der Waals surface area contributed by atoms with Crippen molar-refractivity contribution in [2.75, 3.05) is 53.1 Å². The number of methoxy groups -OCH3 is 1. The van der Waals surface area contributed by atoms with Crippen molar-refractivity contribution in [3.05, 3.63) is 29.3 Å². The summed E-state index contributed by atoms with van der Waals surface area (Å²) in [5, 5.41) is 6.92. The Labute approximate surface area is 187 Å². The summed E-state index contributed by atoms with van der Waals surface area (Å²) in [6.45, 7) is 10.9. The van der Waals surface area contributed by atoms with Gasteiger partial charge in [-0.15, -0.1) is 0 Å². The Bertz CT molecular complexity index is 691. The van der Waals surface area contributed by atoms with Crippen molar-refractivity contribution < 1.29 is 14.2 Å². The molecule has 0 bridgehead atoms. The van der Waals surface area contributed by atoms with E-state index in [0.29, 0.717) is 19.2 Å². The molecule has 2 N–H and O–H groups in total. The van der Waals surface area contributed by atoms with Crippen molar-refractivity contribution in [3.63, 3.8) is 0 Å². The maximum absolute atomic E-state index is 6.13. The minimum atomic E-state index is 0.211. The predicted molar refractivity (Wildman–Crippen MR) is 125 cm³/mol. The Hall–Kier alpha value is -1.83. The van der Waals surface area contributed by atoms with Crippen LogP contribution in [0.25, 0.3) is 0 Å². The van der Waals surface area contributed by atoms with Crippen molar-refractivity contribution in [3.8, 4) is 5.75 Å². The molecule has 31 heavy (non-hydrogen) atoms. The minimum Gasteiger partial charge on any atom is -0.491 e. The zero-order valence-electron chi connectivity index (χ0n) is 19.5. The highest BCUT2D eigenvalue weighted by Gasteiger charge is 2.24. The molecule has 0 amide bonds. The van der Waals surface area contributed by atoms with Crippen LogP contribution in [0, 0.1) is 6.92 Å². The third kappa shape index (κ3) is 7.66. The van der Waals surface area contributed by atoms with E-state index in [1.54, 1.807) is 7.11 Å². The number of benzene rings is 1. The number of nitrogens with one attached hydrogen (secondary N) is 2. The monoisotopic (exact) mass is 432 g/mol. The lowest BCUT2D eigenvalue weighted by Gasteiger charge is -2.25. The summed E-state index contributed by atoms with van der Waals surface area (Å²) in [6.07, 6.45) is 4.88. The molecular formula is C24H40N4O3. The zero-order chi connectivity index (χ0) is 21.9. The van der Waals surface area contributed by atoms with Crippen LogP contribution < -0.4 is 15.4 Å². The number of aliphatic imine (C=N–C) groups is 1. The first-order valence-corrected chi connectivity index (χ1v) is 11.8. The van der Waals surface area contributed by atoms with Gasteiger partial charge in [-0.2, -0.15) is 0 Å². The van der Waals surface area contributed by atoms with Crippen LogP contribution in [0.5, 0.6) is 5.75 Å². The molecule has 0 aromatic heterocycles. The molecule has 0 spiro atoms. The molecule has 0 radical (unpaired) electrons. The Kier molecular flexibility index (Phi) is 9.90. The van der Waals surface area contributed by atoms with E-state index in [-0.39, 0.29) is 6.10 Å². The predicted octanol–water partition coefficient (Wildman–Crippen LogP) is 2.72. The van der Waals surface area contributed by atoms with Gasteiger partial charge >= 0.3 is 0 Å². The van der Waals surface area contributed by atoms with Gasteiger partial charge in [-0.05, 0) is 57.7 Å². The highest BCUT2D eigenvalue weighted by Crippen LogP contribution is 2.23. The van der Waals surface area contributed by atoms with E-state index in [9.17, 15) is 0 Å². The largest absolute Gasteiger partial charge is 0.491 e. The summed E-state index contributed by atoms with van der Waals surface area (Å²) in [4.78, 5) is 7.35. The van der Waals surface area contributed by atoms with Gasteiger partial charge in [0.25, 0.3) is 0 Å². The Morgan fingerprint density at radius 2 is 2.16 bits per heavy atom. The molecule has 7 nitrogen and oxygen atoms in total. The van der Waals surface area contributed by atoms with Crippen LogP contribution in [-0.2, 0) is 16.0 Å². The lowest BCUT2D eigenvalue weighted by Crippen LogP contribution is -2.45. The number of rotatable bonds is 11. The van der Waals surface area contributed by atoms with Gasteiger partial charge in [0.15, 0.2) is 5.96 Å². The molecule has 2 saturated heterocycles. The standard InChI is InChI=1S/C24H40N4O3/c1-4-25-24(27-17-21-7-5-11-28(21)12-14-29-3)26-16-20-10-9-19(2)15-23(20)31-18-22-8-6-13-30-22/h9-10,15,21-22H,4-8,11-14,16-18H2,1-3H3,(H2,25,26,27). The molecule has 174 valence electrons. The third-order valence-electron chi connectivity index (χ3n) is 6.01. The molecule has 7 heteroatoms. The van der Waals surface area contributed by atoms with E-state index in [1.165, 1.54) is 18.4 Å². The maximum atomic E-state index is 6.13. The molecular weight excluding hydrogens is 392 g/mol. The fraction of sp³-hybridized carbons (Fsp3) is 0.708. The van der Waals surface area contributed by atoms with Gasteiger partial charge < -0.3 is 24.8 Å². The van der Waals surface area contributed by atoms with Gasteiger partial charge in [-0.1, -0.05) is 12.1 Å². The molecule has 2 atom stereocenters. The van der Waals surface area contributed by atoms with Crippen LogP contribution in [0.4, 0.5) is 0 Å². The third-order valence-corrected chi connectivity index (χ3v) is 6.01. The van der Waals surface area contributed by atoms with Gasteiger partial charge in [0.05, 0.1) is 19.3 Å². The lowest BCUT2D eigenvalue weighted by atomic mass is 10.1. The number of nitrogens with zero attached hydrogens (tertiary/aromatic N) is 2. The lowest BCUT2D eigenvalue weighted by molar-refractivity contribution is 0.0676. The van der Waals surface area contributed by atoms with Crippen molar-refractivity contribution in [1.29, 1.82) is 0 Å². The van der Waals surface area contributed by atoms with E-state index >= 15 is 0 Å². The molecule has 0 saturated carbocycles. The summed E-state index contributed by atoms with van der Waals surface area (Å²) in [5.74, 6) is 1.77. The summed E-state index contributed by atoms with van der Waals surface area (Å²) in [5.41, 5.74) is 2.29. The Balaban J connectivity index is 1.57. The van der Waals surface area contributed by atoms with E-state index in [1.807, 2.05) is 0 Å². The van der Waals surface area contributed by atoms with Gasteiger partial charge in [0.2, 0.25) is 0 Å². The smallest absolute Gasteiger partial charge is 0.191 e. The van der Waals surface area contributed by atoms with Crippen molar-refractivity contribution >= 4 is 5.96 Å². The van der Waals surface area contributed by atoms with Crippen molar-refractivity contribution in [1.82, 2.24) is 15.5 Å². The number of likely N-dealkylation sites (tertiary alicyclic amines) is 1. The van der Waals surface area contributed by atoms with Crippen LogP contribution in [0.3, 0.4) is 0 Å². The molecule has 2 fully saturated rings. The van der Waals surface area contributed by atoms with Gasteiger partial charge in [-0.25, -0.2) is 4.99 Å². The normalized spacial score (nSPS) is 22.1. The maximum Gasteiger partial charge on any atom is 0.191 e. The number of ether oxygens (including phenoxy) is 3. The number of aryl methyl sites for hydroxylation is 1. The van der Waals surface area contributed by atoms with Crippen LogP contribution >= 0.6 is 0 Å². The second-order valence-corrected chi connectivity index (χ2v) is 8.46. The molecule has 2 unspecified atom stereocenters. The Morgan fingerprint density at radius 1 is 1.26 bits per heavy atom. The van der Waals surface area contributed by atoms with E-state index in [0.717, 1.165) is 69.5 Å². The van der Waals surface area contributed by atoms with Crippen LogP contribution in [-0.4, -0.2) is 76.1 Å². The zero-order valence-corrected chi connectivity index (χ0v) is 19.5. The highest BCUT2D eigenvalue weighted by molar-refractivity contribution is 5.79. The summed E-state index contributed by atoms with van der Waals surface area (Å²) >= 11 is 0. The quantitative estimate of drug-likeness (QED) is 0.414. The van der Waals surface area contributed by atoms with Crippen LogP contribution in [0.1, 0.15) is 43.7 Å². The summed E-state index contributed by atoms with van der Waals surface area (Å²) in [7, 11) is 1.77. The van der Waals surface area contributed by atoms with Crippen LogP contribution in [0.2, 0.25) is 0 Å². The average molecular weight is 433 g/mol. The molecule has 3 rings (SSSR count). The molecule has 2 heterocycles. The first-order chi connectivity index (χ1) is 15.2. The molecule has 2 aliphatic rings. The van der Waals surface area contributed by atoms with E-state index in [4.69, 9.17) is 19.2 Å². The molecule has 2 aliphatic heterocycles. The van der Waals surface area contributed by atoms with Gasteiger partial charge in [0, 0.05) is 45.0 Å². The molecule has 0 aliphatic carbocycles. The van der Waals surface area contributed by atoms with E-state index < -0.39 is 0 Å². The molecule has 1 aromatic carbocycles.